The van der Waals surface area contributed by atoms with E-state index in [9.17, 15) is 18.3 Å². The average molecular weight is 303 g/mol. The maximum absolute atomic E-state index is 12.4. The molecule has 1 aromatic rings. The van der Waals surface area contributed by atoms with Gasteiger partial charge in [0.25, 0.3) is 0 Å². The molecule has 1 fully saturated rings. The maximum atomic E-state index is 12.4. The van der Waals surface area contributed by atoms with E-state index in [4.69, 9.17) is 0 Å². The van der Waals surface area contributed by atoms with Crippen LogP contribution in [0.1, 0.15) is 37.9 Å². The number of rotatable bonds is 4. The third-order valence-corrected chi connectivity index (χ3v) is 3.97. The number of hydrogen-bond acceptors (Lipinski definition) is 3. The Kier molecular flexibility index (Phi) is 5.11. The molecule has 0 amide bonds. The number of aliphatic hydroxyl groups excluding tert-OH is 1. The second-order valence-electron chi connectivity index (χ2n) is 5.39. The summed E-state index contributed by atoms with van der Waals surface area (Å²) in [7, 11) is 0. The topological polar surface area (TPSA) is 41.5 Å². The fourth-order valence-electron chi connectivity index (χ4n) is 2.80. The molecule has 118 valence electrons. The zero-order valence-electron chi connectivity index (χ0n) is 11.9. The van der Waals surface area contributed by atoms with E-state index in [0.717, 1.165) is 25.8 Å². The van der Waals surface area contributed by atoms with Gasteiger partial charge in [-0.25, -0.2) is 0 Å². The molecule has 3 unspecified atom stereocenters. The van der Waals surface area contributed by atoms with Crippen molar-refractivity contribution < 1.29 is 23.0 Å². The Labute approximate surface area is 122 Å². The van der Waals surface area contributed by atoms with E-state index in [1.165, 1.54) is 18.2 Å². The molecule has 0 bridgehead atoms. The highest BCUT2D eigenvalue weighted by Crippen LogP contribution is 2.34. The number of nitrogens with one attached hydrogen (secondary N) is 1. The van der Waals surface area contributed by atoms with E-state index in [1.807, 2.05) is 0 Å². The fourth-order valence-corrected chi connectivity index (χ4v) is 2.80. The number of halogens is 3. The summed E-state index contributed by atoms with van der Waals surface area (Å²) in [4.78, 5) is 0. The van der Waals surface area contributed by atoms with Crippen LogP contribution in [0.2, 0.25) is 0 Å². The Morgan fingerprint density at radius 2 is 2.10 bits per heavy atom. The summed E-state index contributed by atoms with van der Waals surface area (Å²) >= 11 is 0. The molecule has 0 aromatic heterocycles. The van der Waals surface area contributed by atoms with E-state index in [-0.39, 0.29) is 17.4 Å². The average Bonchev–Trinajstić information content (AvgIpc) is 2.45. The maximum Gasteiger partial charge on any atom is 0.573 e. The molecule has 3 nitrogen and oxygen atoms in total. The van der Waals surface area contributed by atoms with Crippen LogP contribution < -0.4 is 10.1 Å². The van der Waals surface area contributed by atoms with Gasteiger partial charge < -0.3 is 15.2 Å². The summed E-state index contributed by atoms with van der Waals surface area (Å²) in [5, 5.41) is 13.6. The lowest BCUT2D eigenvalue weighted by atomic mass is 9.86. The molecule has 1 heterocycles. The van der Waals surface area contributed by atoms with Gasteiger partial charge in [0.1, 0.15) is 5.75 Å². The molecule has 0 aliphatic carbocycles. The number of alkyl halides is 3. The van der Waals surface area contributed by atoms with Gasteiger partial charge in [0.2, 0.25) is 0 Å². The standard InChI is InChI=1S/C15H20F3NO2/c1-2-10-7-8-19-12(9-10)14(20)11-5-3-4-6-13(11)21-15(16,17)18/h3-6,10,12,14,19-20H,2,7-9H2,1H3. The molecule has 1 aliphatic rings. The molecule has 21 heavy (non-hydrogen) atoms. The monoisotopic (exact) mass is 303 g/mol. The molecule has 0 radical (unpaired) electrons. The lowest BCUT2D eigenvalue weighted by Crippen LogP contribution is -2.42. The second kappa shape index (κ2) is 6.66. The highest BCUT2D eigenvalue weighted by atomic mass is 19.4. The van der Waals surface area contributed by atoms with Gasteiger partial charge >= 0.3 is 6.36 Å². The van der Waals surface area contributed by atoms with Crippen LogP contribution in [0.5, 0.6) is 5.75 Å². The van der Waals surface area contributed by atoms with Crippen LogP contribution in [0.25, 0.3) is 0 Å². The molecule has 0 spiro atoms. The number of aliphatic hydroxyl groups is 1. The largest absolute Gasteiger partial charge is 0.573 e. The van der Waals surface area contributed by atoms with Crippen LogP contribution in [0, 0.1) is 5.92 Å². The molecule has 6 heteroatoms. The zero-order chi connectivity index (χ0) is 15.5. The number of benzene rings is 1. The van der Waals surface area contributed by atoms with Crippen LogP contribution in [-0.4, -0.2) is 24.1 Å². The summed E-state index contributed by atoms with van der Waals surface area (Å²) in [6, 6.07) is 5.51. The van der Waals surface area contributed by atoms with Gasteiger partial charge in [-0.3, -0.25) is 0 Å². The first kappa shape index (κ1) is 16.1. The van der Waals surface area contributed by atoms with E-state index < -0.39 is 12.5 Å². The number of hydrogen-bond donors (Lipinski definition) is 2. The van der Waals surface area contributed by atoms with Crippen LogP contribution in [0.4, 0.5) is 13.2 Å². The second-order valence-corrected chi connectivity index (χ2v) is 5.39. The molecule has 1 aliphatic heterocycles. The van der Waals surface area contributed by atoms with Gasteiger partial charge in [0, 0.05) is 11.6 Å². The molecule has 0 saturated carbocycles. The first-order valence-corrected chi connectivity index (χ1v) is 7.17. The van der Waals surface area contributed by atoms with Crippen LogP contribution in [0.15, 0.2) is 24.3 Å². The number of ether oxygens (including phenoxy) is 1. The smallest absolute Gasteiger partial charge is 0.405 e. The Morgan fingerprint density at radius 1 is 1.38 bits per heavy atom. The van der Waals surface area contributed by atoms with Crippen molar-refractivity contribution in [3.8, 4) is 5.75 Å². The summed E-state index contributed by atoms with van der Waals surface area (Å²) < 4.78 is 41.3. The van der Waals surface area contributed by atoms with Crippen LogP contribution >= 0.6 is 0 Å². The van der Waals surface area contributed by atoms with Gasteiger partial charge in [0.05, 0.1) is 6.10 Å². The van der Waals surface area contributed by atoms with Gasteiger partial charge in [-0.2, -0.15) is 0 Å². The predicted molar refractivity (Wildman–Crippen MR) is 72.9 cm³/mol. The van der Waals surface area contributed by atoms with Crippen molar-refractivity contribution in [3.63, 3.8) is 0 Å². The Morgan fingerprint density at radius 3 is 2.76 bits per heavy atom. The highest BCUT2D eigenvalue weighted by Gasteiger charge is 2.34. The lowest BCUT2D eigenvalue weighted by molar-refractivity contribution is -0.275. The normalized spacial score (nSPS) is 24.6. The van der Waals surface area contributed by atoms with Crippen molar-refractivity contribution in [1.82, 2.24) is 5.32 Å². The summed E-state index contributed by atoms with van der Waals surface area (Å²) in [5.74, 6) is 0.152. The SMILES string of the molecule is CCC1CCNC(C(O)c2ccccc2OC(F)(F)F)C1. The number of piperidine rings is 1. The van der Waals surface area contributed by atoms with Crippen molar-refractivity contribution >= 4 is 0 Å². The van der Waals surface area contributed by atoms with E-state index >= 15 is 0 Å². The molecule has 1 saturated heterocycles. The molecule has 2 rings (SSSR count). The summed E-state index contributed by atoms with van der Waals surface area (Å²) in [6.07, 6.45) is -3.00. The first-order chi connectivity index (χ1) is 9.90. The minimum Gasteiger partial charge on any atom is -0.405 e. The third-order valence-electron chi connectivity index (χ3n) is 3.97. The first-order valence-electron chi connectivity index (χ1n) is 7.17. The Hall–Kier alpha value is -1.27. The van der Waals surface area contributed by atoms with Gasteiger partial charge in [-0.15, -0.1) is 13.2 Å². The van der Waals surface area contributed by atoms with Gasteiger partial charge in [0.15, 0.2) is 0 Å². The van der Waals surface area contributed by atoms with Crippen LogP contribution in [-0.2, 0) is 0 Å². The van der Waals surface area contributed by atoms with Crippen molar-refractivity contribution in [1.29, 1.82) is 0 Å². The van der Waals surface area contributed by atoms with Crippen molar-refractivity contribution in [2.45, 2.75) is 44.7 Å². The molecule has 2 N–H and O–H groups in total. The van der Waals surface area contributed by atoms with Crippen molar-refractivity contribution in [2.75, 3.05) is 6.54 Å². The molecular formula is C15H20F3NO2. The van der Waals surface area contributed by atoms with Gasteiger partial charge in [-0.1, -0.05) is 31.5 Å². The Bertz CT molecular complexity index is 464. The predicted octanol–water partition coefficient (Wildman–Crippen LogP) is 3.40. The van der Waals surface area contributed by atoms with E-state index in [0.29, 0.717) is 5.92 Å². The molecule has 3 atom stereocenters. The third kappa shape index (κ3) is 4.35. The molecule has 1 aromatic carbocycles. The van der Waals surface area contributed by atoms with Crippen molar-refractivity contribution in [3.05, 3.63) is 29.8 Å². The molecular weight excluding hydrogens is 283 g/mol. The minimum atomic E-state index is -4.76. The van der Waals surface area contributed by atoms with E-state index in [2.05, 4.69) is 17.0 Å². The van der Waals surface area contributed by atoms with Crippen molar-refractivity contribution in [2.24, 2.45) is 5.92 Å². The minimum absolute atomic E-state index is 0.170. The summed E-state index contributed by atoms with van der Waals surface area (Å²) in [6.45, 7) is 2.85. The quantitative estimate of drug-likeness (QED) is 0.896. The van der Waals surface area contributed by atoms with E-state index in [1.54, 1.807) is 6.07 Å². The fraction of sp³-hybridized carbons (Fsp3) is 0.600. The zero-order valence-corrected chi connectivity index (χ0v) is 11.9. The Balaban J connectivity index is 2.16. The number of para-hydroxylation sites is 1. The van der Waals surface area contributed by atoms with Gasteiger partial charge in [-0.05, 0) is 31.4 Å². The summed E-state index contributed by atoms with van der Waals surface area (Å²) in [5.41, 5.74) is 0.170. The highest BCUT2D eigenvalue weighted by molar-refractivity contribution is 5.36. The van der Waals surface area contributed by atoms with Crippen LogP contribution in [0.3, 0.4) is 0 Å². The lowest BCUT2D eigenvalue weighted by Gasteiger charge is -2.33.